The van der Waals surface area contributed by atoms with Gasteiger partial charge in [0.25, 0.3) is 0 Å². The summed E-state index contributed by atoms with van der Waals surface area (Å²) in [6.45, 7) is 4.35. The van der Waals surface area contributed by atoms with E-state index in [1.807, 2.05) is 9.95 Å². The molecule has 1 aliphatic rings. The van der Waals surface area contributed by atoms with Gasteiger partial charge in [-0.25, -0.2) is 4.98 Å². The van der Waals surface area contributed by atoms with Crippen LogP contribution in [-0.2, 0) is 17.8 Å². The number of carbonyl (C=O) groups excluding carboxylic acids is 1. The van der Waals surface area contributed by atoms with E-state index in [4.69, 9.17) is 12.2 Å². The molecular weight excluding hydrogens is 354 g/mol. The van der Waals surface area contributed by atoms with Gasteiger partial charge < -0.3 is 5.32 Å². The van der Waals surface area contributed by atoms with Crippen molar-refractivity contribution < 1.29 is 4.79 Å². The van der Waals surface area contributed by atoms with Gasteiger partial charge in [-0.1, -0.05) is 31.8 Å². The largest absolute Gasteiger partial charge is 0.302 e. The van der Waals surface area contributed by atoms with E-state index in [1.54, 1.807) is 6.08 Å². The number of hydrogen-bond acceptors (Lipinski definition) is 5. The van der Waals surface area contributed by atoms with E-state index in [0.717, 1.165) is 23.9 Å². The third kappa shape index (κ3) is 4.85. The first kappa shape index (κ1) is 18.0. The van der Waals surface area contributed by atoms with Gasteiger partial charge in [0.1, 0.15) is 5.82 Å². The Morgan fingerprint density at radius 1 is 1.52 bits per heavy atom. The van der Waals surface area contributed by atoms with E-state index < -0.39 is 0 Å². The number of nitrogens with one attached hydrogen (secondary N) is 2. The van der Waals surface area contributed by atoms with Gasteiger partial charge in [0.05, 0.1) is 12.1 Å². The molecule has 3 rings (SSSR count). The maximum atomic E-state index is 12.1. The van der Waals surface area contributed by atoms with Crippen molar-refractivity contribution in [1.82, 2.24) is 19.7 Å². The molecule has 0 bridgehead atoms. The monoisotopic (exact) mass is 377 g/mol. The van der Waals surface area contributed by atoms with Crippen molar-refractivity contribution in [3.05, 3.63) is 34.3 Å². The van der Waals surface area contributed by atoms with Gasteiger partial charge >= 0.3 is 0 Å². The molecule has 2 aromatic heterocycles. The van der Waals surface area contributed by atoms with E-state index in [9.17, 15) is 4.79 Å². The van der Waals surface area contributed by atoms with E-state index in [1.165, 1.54) is 37.0 Å². The third-order valence-corrected chi connectivity index (χ3v) is 5.66. The van der Waals surface area contributed by atoms with E-state index in [2.05, 4.69) is 27.1 Å². The van der Waals surface area contributed by atoms with Crippen molar-refractivity contribution in [2.24, 2.45) is 5.92 Å². The van der Waals surface area contributed by atoms with Crippen LogP contribution in [0.5, 0.6) is 0 Å². The van der Waals surface area contributed by atoms with Gasteiger partial charge in [-0.2, -0.15) is 5.10 Å². The first-order valence-electron chi connectivity index (χ1n) is 8.65. The number of rotatable bonds is 8. The van der Waals surface area contributed by atoms with Crippen LogP contribution in [0.2, 0.25) is 0 Å². The summed E-state index contributed by atoms with van der Waals surface area (Å²) in [5.41, 5.74) is 0.871. The minimum atomic E-state index is 0.0575. The van der Waals surface area contributed by atoms with Gasteiger partial charge in [0.2, 0.25) is 5.91 Å². The van der Waals surface area contributed by atoms with Gasteiger partial charge in [-0.15, -0.1) is 17.9 Å². The molecule has 0 atom stereocenters. The Morgan fingerprint density at radius 2 is 2.32 bits per heavy atom. The Balaban J connectivity index is 1.54. The first-order valence-corrected chi connectivity index (χ1v) is 9.93. The molecule has 25 heavy (non-hydrogen) atoms. The lowest BCUT2D eigenvalue weighted by molar-refractivity contribution is -0.116. The molecule has 8 heteroatoms. The van der Waals surface area contributed by atoms with Crippen molar-refractivity contribution in [3.8, 4) is 0 Å². The average Bonchev–Trinajstić information content (AvgIpc) is 3.32. The number of H-pyrrole nitrogens is 1. The van der Waals surface area contributed by atoms with Crippen molar-refractivity contribution in [2.45, 2.75) is 51.5 Å². The number of aromatic amines is 1. The Hall–Kier alpha value is -1.80. The molecule has 1 saturated carbocycles. The van der Waals surface area contributed by atoms with E-state index in [0.29, 0.717) is 29.3 Å². The van der Waals surface area contributed by atoms with Crippen molar-refractivity contribution in [3.63, 3.8) is 0 Å². The number of anilines is 1. The van der Waals surface area contributed by atoms with Crippen molar-refractivity contribution in [1.29, 1.82) is 0 Å². The van der Waals surface area contributed by atoms with Gasteiger partial charge in [-0.3, -0.25) is 14.5 Å². The molecule has 0 spiro atoms. The van der Waals surface area contributed by atoms with Crippen LogP contribution in [0.25, 0.3) is 0 Å². The lowest BCUT2D eigenvalue weighted by Gasteiger charge is -2.07. The molecule has 0 saturated heterocycles. The van der Waals surface area contributed by atoms with Crippen LogP contribution in [0.4, 0.5) is 5.13 Å². The lowest BCUT2D eigenvalue weighted by atomic mass is 10.0. The Kier molecular flexibility index (Phi) is 6.14. The molecule has 1 fully saturated rings. The number of allylic oxidation sites excluding steroid dienone is 1. The van der Waals surface area contributed by atoms with Gasteiger partial charge in [0.15, 0.2) is 9.90 Å². The standard InChI is InChI=1S/C17H23N5OS2/c1-2-9-22-14(20-21-17(22)24)10-13-11-25-16(18-13)19-15(23)8-7-12-5-3-4-6-12/h2,11-12H,1,3-10H2,(H,21,24)(H,18,19,23). The minimum Gasteiger partial charge on any atom is -0.302 e. The summed E-state index contributed by atoms with van der Waals surface area (Å²) in [4.78, 5) is 16.6. The van der Waals surface area contributed by atoms with Gasteiger partial charge in [-0.05, 0) is 24.6 Å². The number of thiazole rings is 1. The highest BCUT2D eigenvalue weighted by molar-refractivity contribution is 7.71. The summed E-state index contributed by atoms with van der Waals surface area (Å²) in [5.74, 6) is 1.60. The second kappa shape index (κ2) is 8.53. The molecule has 0 aromatic carbocycles. The van der Waals surface area contributed by atoms with Crippen LogP contribution in [0.1, 0.15) is 50.0 Å². The fourth-order valence-corrected chi connectivity index (χ4v) is 4.18. The van der Waals surface area contributed by atoms with Crippen molar-refractivity contribution in [2.75, 3.05) is 5.32 Å². The van der Waals surface area contributed by atoms with Crippen LogP contribution in [-0.4, -0.2) is 25.7 Å². The normalized spacial score (nSPS) is 14.7. The summed E-state index contributed by atoms with van der Waals surface area (Å²) in [7, 11) is 0. The van der Waals surface area contributed by atoms with Crippen LogP contribution in [0, 0.1) is 10.7 Å². The zero-order chi connectivity index (χ0) is 17.6. The Bertz CT molecular complexity index is 785. The molecule has 1 aliphatic carbocycles. The van der Waals surface area contributed by atoms with Crippen LogP contribution >= 0.6 is 23.6 Å². The van der Waals surface area contributed by atoms with Crippen molar-refractivity contribution >= 4 is 34.6 Å². The molecule has 0 radical (unpaired) electrons. The van der Waals surface area contributed by atoms with Crippen LogP contribution < -0.4 is 5.32 Å². The molecule has 1 amide bonds. The molecule has 0 unspecified atom stereocenters. The fourth-order valence-electron chi connectivity index (χ4n) is 3.23. The fraction of sp³-hybridized carbons (Fsp3) is 0.529. The number of nitrogens with zero attached hydrogens (tertiary/aromatic N) is 3. The average molecular weight is 378 g/mol. The maximum absolute atomic E-state index is 12.1. The highest BCUT2D eigenvalue weighted by atomic mass is 32.1. The summed E-state index contributed by atoms with van der Waals surface area (Å²) < 4.78 is 2.47. The molecule has 2 N–H and O–H groups in total. The highest BCUT2D eigenvalue weighted by Crippen LogP contribution is 2.28. The molecule has 6 nitrogen and oxygen atoms in total. The maximum Gasteiger partial charge on any atom is 0.226 e. The third-order valence-electron chi connectivity index (χ3n) is 4.54. The SMILES string of the molecule is C=CCn1c(Cc2csc(NC(=O)CCC3CCCC3)n2)n[nH]c1=S. The Morgan fingerprint density at radius 3 is 3.08 bits per heavy atom. The second-order valence-electron chi connectivity index (χ2n) is 6.40. The zero-order valence-electron chi connectivity index (χ0n) is 14.2. The predicted octanol–water partition coefficient (Wildman–Crippen LogP) is 4.08. The number of aromatic nitrogens is 4. The van der Waals surface area contributed by atoms with Gasteiger partial charge in [0, 0.05) is 18.3 Å². The summed E-state index contributed by atoms with van der Waals surface area (Å²) in [6.07, 6.45) is 9.08. The predicted molar refractivity (Wildman–Crippen MR) is 102 cm³/mol. The highest BCUT2D eigenvalue weighted by Gasteiger charge is 2.17. The molecule has 0 aliphatic heterocycles. The number of amides is 1. The lowest BCUT2D eigenvalue weighted by Crippen LogP contribution is -2.12. The number of carbonyl (C=O) groups is 1. The molecule has 134 valence electrons. The quantitative estimate of drug-likeness (QED) is 0.537. The molecule has 2 heterocycles. The van der Waals surface area contributed by atoms with Crippen LogP contribution in [0.15, 0.2) is 18.0 Å². The second-order valence-corrected chi connectivity index (χ2v) is 7.65. The summed E-state index contributed by atoms with van der Waals surface area (Å²) >= 11 is 6.66. The number of hydrogen-bond donors (Lipinski definition) is 2. The molecular formula is C17H23N5OS2. The minimum absolute atomic E-state index is 0.0575. The van der Waals surface area contributed by atoms with E-state index in [-0.39, 0.29) is 5.91 Å². The van der Waals surface area contributed by atoms with Crippen LogP contribution in [0.3, 0.4) is 0 Å². The first-order chi connectivity index (χ1) is 12.2. The topological polar surface area (TPSA) is 75.6 Å². The zero-order valence-corrected chi connectivity index (χ0v) is 15.8. The molecule has 2 aromatic rings. The van der Waals surface area contributed by atoms with E-state index >= 15 is 0 Å². The summed E-state index contributed by atoms with van der Waals surface area (Å²) in [6, 6.07) is 0. The summed E-state index contributed by atoms with van der Waals surface area (Å²) in [5, 5.41) is 12.6. The Labute approximate surface area is 156 Å². The smallest absolute Gasteiger partial charge is 0.226 e.